The maximum absolute atomic E-state index is 2.53. The van der Waals surface area contributed by atoms with Crippen molar-refractivity contribution in [3.8, 4) is 39.4 Å². The predicted molar refractivity (Wildman–Crippen MR) is 172 cm³/mol. The summed E-state index contributed by atoms with van der Waals surface area (Å²) in [6, 6.07) is 42.3. The molecule has 0 radical (unpaired) electrons. The first-order valence-electron chi connectivity index (χ1n) is 15.3. The van der Waals surface area contributed by atoms with Gasteiger partial charge in [0.1, 0.15) is 16.9 Å². The Kier molecular flexibility index (Phi) is 3.87. The Morgan fingerprint density at radius 3 is 2.16 bits per heavy atom. The van der Waals surface area contributed by atoms with Gasteiger partial charge >= 0.3 is 11.4 Å². The SMILES string of the molecule is Cc1c(-c2ccc(-c3ccccc3)cc2)[n+](C)c2n1-c1cccc3c1C21c2c(ccc4c5ccccc5n-3c24)-n2ccc[n+]21. The third kappa shape index (κ3) is 2.30. The molecular formula is C39H27N5+2. The number of fused-ring (bicyclic) bond motifs is 8. The van der Waals surface area contributed by atoms with Gasteiger partial charge in [0, 0.05) is 29.3 Å². The summed E-state index contributed by atoms with van der Waals surface area (Å²) in [6.07, 6.45) is 4.47. The summed E-state index contributed by atoms with van der Waals surface area (Å²) in [4.78, 5) is 0. The molecule has 0 aliphatic carbocycles. The third-order valence-corrected chi connectivity index (χ3v) is 10.4. The van der Waals surface area contributed by atoms with Crippen LogP contribution in [0.5, 0.6) is 0 Å². The van der Waals surface area contributed by atoms with Crippen molar-refractivity contribution in [2.75, 3.05) is 0 Å². The average molecular weight is 566 g/mol. The molecule has 0 fully saturated rings. The molecule has 3 aliphatic heterocycles. The Hall–Kier alpha value is -5.68. The van der Waals surface area contributed by atoms with Crippen LogP contribution in [0.2, 0.25) is 0 Å². The molecule has 3 aromatic heterocycles. The van der Waals surface area contributed by atoms with Gasteiger partial charge in [0.2, 0.25) is 0 Å². The molecule has 8 aromatic rings. The molecule has 5 nitrogen and oxygen atoms in total. The topological polar surface area (TPSA) is 22.5 Å². The second-order valence-electron chi connectivity index (χ2n) is 12.4. The standard InChI is InChI=1S/C39H27N5/c1-24-36(27-18-16-26(17-19-27)25-10-4-3-5-11-25)40(2)38-39-34-32(43(24)38)14-8-15-33(34)44-30-13-7-6-12-28(30)29-20-21-31(35(39)37(29)44)41-22-9-23-42(39)41/h3-23H,1-2H3/q+2. The van der Waals surface area contributed by atoms with Crippen LogP contribution in [0, 0.1) is 6.92 Å². The van der Waals surface area contributed by atoms with E-state index in [2.05, 4.69) is 165 Å². The van der Waals surface area contributed by atoms with E-state index < -0.39 is 5.54 Å². The fourth-order valence-corrected chi connectivity index (χ4v) is 8.93. The van der Waals surface area contributed by atoms with Crippen LogP contribution < -0.4 is 9.25 Å². The summed E-state index contributed by atoms with van der Waals surface area (Å²) >= 11 is 0. The van der Waals surface area contributed by atoms with E-state index in [-0.39, 0.29) is 0 Å². The minimum absolute atomic E-state index is 0.504. The first kappa shape index (κ1) is 22.9. The lowest BCUT2D eigenvalue weighted by Crippen LogP contribution is -2.62. The van der Waals surface area contributed by atoms with Gasteiger partial charge in [-0.2, -0.15) is 4.57 Å². The minimum Gasteiger partial charge on any atom is -0.308 e. The van der Waals surface area contributed by atoms with Crippen molar-refractivity contribution in [1.29, 1.82) is 0 Å². The van der Waals surface area contributed by atoms with Gasteiger partial charge in [-0.3, -0.25) is 0 Å². The van der Waals surface area contributed by atoms with Gasteiger partial charge in [-0.1, -0.05) is 71.4 Å². The maximum atomic E-state index is 2.53. The normalized spacial score (nSPS) is 16.5. The fraction of sp³-hybridized carbons (Fsp3) is 0.0769. The summed E-state index contributed by atoms with van der Waals surface area (Å²) in [5, 5.41) is 2.61. The molecule has 0 saturated heterocycles. The van der Waals surface area contributed by atoms with Crippen LogP contribution in [0.25, 0.3) is 61.3 Å². The molecule has 11 rings (SSSR count). The second-order valence-corrected chi connectivity index (χ2v) is 12.4. The van der Waals surface area contributed by atoms with E-state index in [9.17, 15) is 0 Å². The summed E-state index contributed by atoms with van der Waals surface area (Å²) in [6.45, 7) is 2.28. The van der Waals surface area contributed by atoms with Crippen LogP contribution in [0.15, 0.2) is 128 Å². The van der Waals surface area contributed by atoms with Crippen molar-refractivity contribution >= 4 is 21.8 Å². The lowest BCUT2D eigenvalue weighted by molar-refractivity contribution is -0.813. The number of hydrogen-bond donors (Lipinski definition) is 0. The molecule has 0 amide bonds. The Morgan fingerprint density at radius 1 is 0.591 bits per heavy atom. The van der Waals surface area contributed by atoms with Gasteiger partial charge < -0.3 is 4.57 Å². The van der Waals surface area contributed by atoms with E-state index in [1.807, 2.05) is 0 Å². The molecule has 1 unspecified atom stereocenters. The number of rotatable bonds is 2. The van der Waals surface area contributed by atoms with Gasteiger partial charge in [0.15, 0.2) is 17.6 Å². The van der Waals surface area contributed by atoms with E-state index in [0.717, 1.165) is 0 Å². The van der Waals surface area contributed by atoms with E-state index in [4.69, 9.17) is 0 Å². The summed E-state index contributed by atoms with van der Waals surface area (Å²) in [5.74, 6) is 1.27. The first-order valence-corrected chi connectivity index (χ1v) is 15.3. The molecule has 5 aromatic carbocycles. The fourth-order valence-electron chi connectivity index (χ4n) is 8.93. The number of hydrogen-bond acceptors (Lipinski definition) is 0. The van der Waals surface area contributed by atoms with Crippen molar-refractivity contribution < 1.29 is 9.25 Å². The molecule has 1 atom stereocenters. The van der Waals surface area contributed by atoms with Gasteiger partial charge in [-0.05, 0) is 53.6 Å². The number of aromatic nitrogens is 5. The molecule has 0 bridgehead atoms. The lowest BCUT2D eigenvalue weighted by atomic mass is 9.79. The summed E-state index contributed by atoms with van der Waals surface area (Å²) < 4.78 is 12.4. The zero-order chi connectivity index (χ0) is 28.9. The molecule has 6 heterocycles. The highest BCUT2D eigenvalue weighted by atomic mass is 15.5. The quantitative estimate of drug-likeness (QED) is 0.204. The number of para-hydroxylation sites is 1. The van der Waals surface area contributed by atoms with Crippen molar-refractivity contribution in [3.05, 3.63) is 150 Å². The second kappa shape index (κ2) is 7.44. The van der Waals surface area contributed by atoms with Crippen molar-refractivity contribution in [2.45, 2.75) is 12.5 Å². The highest BCUT2D eigenvalue weighted by molar-refractivity contribution is 6.13. The first-order chi connectivity index (χ1) is 21.7. The zero-order valence-corrected chi connectivity index (χ0v) is 24.4. The third-order valence-electron chi connectivity index (χ3n) is 10.4. The van der Waals surface area contributed by atoms with Crippen LogP contribution in [0.4, 0.5) is 0 Å². The Bertz CT molecular complexity index is 2560. The van der Waals surface area contributed by atoms with Crippen LogP contribution in [-0.4, -0.2) is 13.8 Å². The highest BCUT2D eigenvalue weighted by Crippen LogP contribution is 2.57. The van der Waals surface area contributed by atoms with Crippen molar-refractivity contribution in [3.63, 3.8) is 0 Å². The minimum atomic E-state index is -0.504. The predicted octanol–water partition coefficient (Wildman–Crippen LogP) is 6.90. The average Bonchev–Trinajstić information content (AvgIpc) is 3.85. The van der Waals surface area contributed by atoms with Crippen molar-refractivity contribution in [1.82, 2.24) is 13.8 Å². The molecule has 0 N–H and O–H groups in total. The Labute approximate surface area is 253 Å². The zero-order valence-electron chi connectivity index (χ0n) is 24.4. The summed E-state index contributed by atoms with van der Waals surface area (Å²) in [7, 11) is 2.26. The molecule has 0 saturated carbocycles. The van der Waals surface area contributed by atoms with Crippen LogP contribution in [-0.2, 0) is 12.6 Å². The Morgan fingerprint density at radius 2 is 1.32 bits per heavy atom. The molecule has 1 spiro atoms. The van der Waals surface area contributed by atoms with Gasteiger partial charge in [-0.25, -0.2) is 4.57 Å². The number of nitrogens with zero attached hydrogens (tertiary/aromatic N) is 5. The molecule has 44 heavy (non-hydrogen) atoms. The molecule has 5 heteroatoms. The maximum Gasteiger partial charge on any atom is 0.351 e. The molecular weight excluding hydrogens is 538 g/mol. The summed E-state index contributed by atoms with van der Waals surface area (Å²) in [5.41, 5.74) is 14.7. The van der Waals surface area contributed by atoms with Crippen LogP contribution in [0.1, 0.15) is 22.6 Å². The molecule has 3 aliphatic rings. The van der Waals surface area contributed by atoms with E-state index in [1.165, 1.54) is 83.9 Å². The number of imidazole rings is 1. The number of benzene rings is 5. The van der Waals surface area contributed by atoms with E-state index in [1.54, 1.807) is 0 Å². The van der Waals surface area contributed by atoms with Gasteiger partial charge in [0.05, 0.1) is 35.5 Å². The molecule has 206 valence electrons. The lowest BCUT2D eigenvalue weighted by Gasteiger charge is -2.25. The van der Waals surface area contributed by atoms with Gasteiger partial charge in [0.25, 0.3) is 0 Å². The van der Waals surface area contributed by atoms with Crippen LogP contribution in [0.3, 0.4) is 0 Å². The monoisotopic (exact) mass is 565 g/mol. The van der Waals surface area contributed by atoms with Gasteiger partial charge in [-0.15, -0.1) is 4.68 Å². The van der Waals surface area contributed by atoms with Crippen LogP contribution >= 0.6 is 0 Å². The van der Waals surface area contributed by atoms with E-state index >= 15 is 0 Å². The largest absolute Gasteiger partial charge is 0.351 e. The van der Waals surface area contributed by atoms with Crippen molar-refractivity contribution in [2.24, 2.45) is 7.05 Å². The highest BCUT2D eigenvalue weighted by Gasteiger charge is 2.71. The smallest absolute Gasteiger partial charge is 0.308 e. The van der Waals surface area contributed by atoms with E-state index in [0.29, 0.717) is 0 Å². The Balaban J connectivity index is 1.28.